The van der Waals surface area contributed by atoms with E-state index >= 15 is 0 Å². The fourth-order valence-electron chi connectivity index (χ4n) is 1.59. The van der Waals surface area contributed by atoms with Crippen molar-refractivity contribution in [3.05, 3.63) is 55.9 Å². The van der Waals surface area contributed by atoms with Gasteiger partial charge in [-0.25, -0.2) is 4.39 Å². The molecule has 1 nitrogen and oxygen atoms in total. The molecule has 0 amide bonds. The molecule has 1 N–H and O–H groups in total. The van der Waals surface area contributed by atoms with Crippen molar-refractivity contribution < 1.29 is 4.39 Å². The van der Waals surface area contributed by atoms with Crippen molar-refractivity contribution >= 4 is 34.5 Å². The van der Waals surface area contributed by atoms with E-state index in [-0.39, 0.29) is 11.9 Å². The maximum atomic E-state index is 12.9. The van der Waals surface area contributed by atoms with Crippen LogP contribution in [-0.2, 0) is 6.54 Å². The van der Waals surface area contributed by atoms with Gasteiger partial charge in [-0.3, -0.25) is 0 Å². The molecule has 0 saturated carbocycles. The Morgan fingerprint density at radius 1 is 1.28 bits per heavy atom. The summed E-state index contributed by atoms with van der Waals surface area (Å²) in [4.78, 5) is 1.17. The van der Waals surface area contributed by atoms with Crippen LogP contribution >= 0.6 is 34.5 Å². The molecular formula is C13H12Cl2FNS. The molecule has 0 spiro atoms. The highest BCUT2D eigenvalue weighted by Crippen LogP contribution is 2.27. The molecule has 0 aliphatic heterocycles. The molecule has 1 atom stereocenters. The van der Waals surface area contributed by atoms with E-state index < -0.39 is 0 Å². The van der Waals surface area contributed by atoms with Gasteiger partial charge in [-0.1, -0.05) is 29.3 Å². The summed E-state index contributed by atoms with van der Waals surface area (Å²) >= 11 is 13.4. The summed E-state index contributed by atoms with van der Waals surface area (Å²) in [6, 6.07) is 8.49. The van der Waals surface area contributed by atoms with Gasteiger partial charge < -0.3 is 5.32 Å². The third kappa shape index (κ3) is 3.45. The molecule has 0 aliphatic rings. The second-order valence-corrected chi connectivity index (χ2v) is 6.13. The zero-order valence-corrected chi connectivity index (χ0v) is 12.0. The summed E-state index contributed by atoms with van der Waals surface area (Å²) < 4.78 is 13.7. The van der Waals surface area contributed by atoms with Gasteiger partial charge in [0, 0.05) is 22.5 Å². The van der Waals surface area contributed by atoms with Gasteiger partial charge in [-0.15, -0.1) is 11.3 Å². The van der Waals surface area contributed by atoms with E-state index in [0.29, 0.717) is 11.6 Å². The molecular weight excluding hydrogens is 292 g/mol. The Morgan fingerprint density at radius 3 is 2.67 bits per heavy atom. The summed E-state index contributed by atoms with van der Waals surface area (Å²) in [5, 5.41) is 3.78. The van der Waals surface area contributed by atoms with Crippen LogP contribution in [0.5, 0.6) is 0 Å². The lowest BCUT2D eigenvalue weighted by atomic mass is 10.2. The summed E-state index contributed by atoms with van der Waals surface area (Å²) in [5.41, 5.74) is 0.882. The molecule has 2 aromatic rings. The minimum atomic E-state index is -0.318. The predicted octanol–water partition coefficient (Wildman–Crippen LogP) is 5.04. The molecule has 0 fully saturated rings. The lowest BCUT2D eigenvalue weighted by Crippen LogP contribution is -2.17. The van der Waals surface area contributed by atoms with Crippen molar-refractivity contribution in [1.82, 2.24) is 5.32 Å². The monoisotopic (exact) mass is 303 g/mol. The van der Waals surface area contributed by atoms with Crippen LogP contribution in [0, 0.1) is 5.82 Å². The molecule has 1 heterocycles. The molecule has 1 aromatic carbocycles. The Bertz CT molecular complexity index is 542. The summed E-state index contributed by atoms with van der Waals surface area (Å²) in [7, 11) is 0. The van der Waals surface area contributed by atoms with Gasteiger partial charge in [-0.05, 0) is 36.8 Å². The van der Waals surface area contributed by atoms with Crippen LogP contribution < -0.4 is 5.32 Å². The van der Waals surface area contributed by atoms with E-state index in [1.807, 2.05) is 12.1 Å². The lowest BCUT2D eigenvalue weighted by Gasteiger charge is -2.12. The predicted molar refractivity (Wildman–Crippen MR) is 76.0 cm³/mol. The molecule has 2 rings (SSSR count). The van der Waals surface area contributed by atoms with E-state index in [9.17, 15) is 4.39 Å². The maximum Gasteiger partial charge on any atom is 0.124 e. The third-order valence-electron chi connectivity index (χ3n) is 2.63. The summed E-state index contributed by atoms with van der Waals surface area (Å²) in [5.74, 6) is -0.318. The second kappa shape index (κ2) is 6.02. The molecule has 18 heavy (non-hydrogen) atoms. The Hall–Kier alpha value is -0.610. The highest BCUT2D eigenvalue weighted by molar-refractivity contribution is 7.16. The van der Waals surface area contributed by atoms with Gasteiger partial charge in [0.2, 0.25) is 0 Å². The van der Waals surface area contributed by atoms with Crippen LogP contribution in [0.25, 0.3) is 0 Å². The highest BCUT2D eigenvalue weighted by Gasteiger charge is 2.09. The van der Waals surface area contributed by atoms with E-state index in [4.69, 9.17) is 23.2 Å². The van der Waals surface area contributed by atoms with Crippen LogP contribution in [0.2, 0.25) is 9.36 Å². The molecule has 0 bridgehead atoms. The Balaban J connectivity index is 1.99. The number of hydrogen-bond acceptors (Lipinski definition) is 2. The minimum Gasteiger partial charge on any atom is -0.305 e. The topological polar surface area (TPSA) is 12.0 Å². The summed E-state index contributed by atoms with van der Waals surface area (Å²) in [6.45, 7) is 2.65. The molecule has 0 saturated heterocycles. The quantitative estimate of drug-likeness (QED) is 0.834. The SMILES string of the molecule is CC(NCc1ccc(F)cc1Cl)c1ccc(Cl)s1. The van der Waals surface area contributed by atoms with E-state index in [1.54, 1.807) is 17.4 Å². The maximum absolute atomic E-state index is 12.9. The van der Waals surface area contributed by atoms with Gasteiger partial charge in [0.15, 0.2) is 0 Å². The number of hydrogen-bond donors (Lipinski definition) is 1. The number of benzene rings is 1. The van der Waals surface area contributed by atoms with Gasteiger partial charge in [0.25, 0.3) is 0 Å². The van der Waals surface area contributed by atoms with Crippen molar-refractivity contribution in [3.8, 4) is 0 Å². The number of nitrogens with one attached hydrogen (secondary N) is 1. The number of thiophene rings is 1. The first-order chi connectivity index (χ1) is 8.56. The minimum absolute atomic E-state index is 0.184. The van der Waals surface area contributed by atoms with Gasteiger partial charge in [0.05, 0.1) is 4.34 Å². The normalized spacial score (nSPS) is 12.7. The Kier molecular flexibility index (Phi) is 4.62. The fourth-order valence-corrected chi connectivity index (χ4v) is 2.91. The second-order valence-electron chi connectivity index (χ2n) is 3.98. The van der Waals surface area contributed by atoms with Crippen molar-refractivity contribution in [1.29, 1.82) is 0 Å². The zero-order chi connectivity index (χ0) is 13.1. The molecule has 96 valence electrons. The van der Waals surface area contributed by atoms with Crippen molar-refractivity contribution in [2.24, 2.45) is 0 Å². The van der Waals surface area contributed by atoms with Crippen LogP contribution in [-0.4, -0.2) is 0 Å². The molecule has 0 radical (unpaired) electrons. The smallest absolute Gasteiger partial charge is 0.124 e. The average Bonchev–Trinajstić information content (AvgIpc) is 2.74. The van der Waals surface area contributed by atoms with Gasteiger partial charge in [0.1, 0.15) is 5.82 Å². The largest absolute Gasteiger partial charge is 0.305 e. The van der Waals surface area contributed by atoms with Gasteiger partial charge >= 0.3 is 0 Å². The van der Waals surface area contributed by atoms with E-state index in [1.165, 1.54) is 17.0 Å². The zero-order valence-electron chi connectivity index (χ0n) is 9.71. The van der Waals surface area contributed by atoms with Crippen LogP contribution in [0.15, 0.2) is 30.3 Å². The molecule has 0 aliphatic carbocycles. The van der Waals surface area contributed by atoms with Crippen molar-refractivity contribution in [3.63, 3.8) is 0 Å². The molecule has 1 unspecified atom stereocenters. The molecule has 1 aromatic heterocycles. The average molecular weight is 304 g/mol. The van der Waals surface area contributed by atoms with Crippen LogP contribution in [0.3, 0.4) is 0 Å². The number of rotatable bonds is 4. The lowest BCUT2D eigenvalue weighted by molar-refractivity contribution is 0.580. The van der Waals surface area contributed by atoms with E-state index in [2.05, 4.69) is 12.2 Å². The van der Waals surface area contributed by atoms with Gasteiger partial charge in [-0.2, -0.15) is 0 Å². The molecule has 5 heteroatoms. The summed E-state index contributed by atoms with van der Waals surface area (Å²) in [6.07, 6.45) is 0. The van der Waals surface area contributed by atoms with Crippen molar-refractivity contribution in [2.45, 2.75) is 19.5 Å². The first-order valence-corrected chi connectivity index (χ1v) is 7.06. The first kappa shape index (κ1) is 13.8. The van der Waals surface area contributed by atoms with Crippen molar-refractivity contribution in [2.75, 3.05) is 0 Å². The first-order valence-electron chi connectivity index (χ1n) is 5.49. The van der Waals surface area contributed by atoms with E-state index in [0.717, 1.165) is 9.90 Å². The van der Waals surface area contributed by atoms with Crippen LogP contribution in [0.1, 0.15) is 23.4 Å². The number of halogens is 3. The van der Waals surface area contributed by atoms with Crippen LogP contribution in [0.4, 0.5) is 4.39 Å². The Labute approximate surface area is 120 Å². The standard InChI is InChI=1S/C13H12Cl2FNS/c1-8(12-4-5-13(15)18-12)17-7-9-2-3-10(16)6-11(9)14/h2-6,8,17H,7H2,1H3. The highest BCUT2D eigenvalue weighted by atomic mass is 35.5. The third-order valence-corrected chi connectivity index (χ3v) is 4.40. The fraction of sp³-hybridized carbons (Fsp3) is 0.231. The Morgan fingerprint density at radius 2 is 2.06 bits per heavy atom.